The van der Waals surface area contributed by atoms with Gasteiger partial charge in [-0.05, 0) is 43.1 Å². The van der Waals surface area contributed by atoms with Gasteiger partial charge in [-0.2, -0.15) is 0 Å². The number of ether oxygens (including phenoxy) is 1. The molecule has 0 heterocycles. The molecule has 0 unspecified atom stereocenters. The van der Waals surface area contributed by atoms with Gasteiger partial charge in [-0.15, -0.1) is 0 Å². The van der Waals surface area contributed by atoms with Crippen LogP contribution in [0.4, 0.5) is 11.4 Å². The van der Waals surface area contributed by atoms with E-state index in [1.165, 1.54) is 0 Å². The summed E-state index contributed by atoms with van der Waals surface area (Å²) >= 11 is 0. The van der Waals surface area contributed by atoms with E-state index in [-0.39, 0.29) is 10.6 Å². The van der Waals surface area contributed by atoms with Crippen LogP contribution in [0.1, 0.15) is 32.6 Å². The van der Waals surface area contributed by atoms with Gasteiger partial charge >= 0.3 is 0 Å². The van der Waals surface area contributed by atoms with Crippen LogP contribution in [0.3, 0.4) is 0 Å². The second-order valence-electron chi connectivity index (χ2n) is 6.81. The van der Waals surface area contributed by atoms with Crippen molar-refractivity contribution in [3.63, 3.8) is 0 Å². The zero-order valence-electron chi connectivity index (χ0n) is 13.7. The highest BCUT2D eigenvalue weighted by Crippen LogP contribution is 2.39. The zero-order valence-corrected chi connectivity index (χ0v) is 13.7. The molecular formula is C17H26N2O3. The van der Waals surface area contributed by atoms with Crippen LogP contribution in [-0.2, 0) is 4.74 Å². The Morgan fingerprint density at radius 3 is 2.59 bits per heavy atom. The predicted octanol–water partition coefficient (Wildman–Crippen LogP) is 3.87. The van der Waals surface area contributed by atoms with Crippen LogP contribution in [-0.4, -0.2) is 32.2 Å². The average molecular weight is 306 g/mol. The van der Waals surface area contributed by atoms with Crippen molar-refractivity contribution in [2.24, 2.45) is 11.3 Å². The number of rotatable bonds is 6. The lowest BCUT2D eigenvalue weighted by Gasteiger charge is -2.38. The Balaban J connectivity index is 1.97. The Morgan fingerprint density at radius 2 is 2.00 bits per heavy atom. The summed E-state index contributed by atoms with van der Waals surface area (Å²) in [5.41, 5.74) is 1.19. The smallest absolute Gasteiger partial charge is 0.292 e. The molecule has 0 aromatic heterocycles. The molecule has 0 N–H and O–H groups in total. The first-order chi connectivity index (χ1) is 10.4. The van der Waals surface area contributed by atoms with E-state index in [2.05, 4.69) is 6.92 Å². The van der Waals surface area contributed by atoms with E-state index in [1.54, 1.807) is 19.2 Å². The minimum atomic E-state index is -0.303. The molecule has 0 radical (unpaired) electrons. The molecule has 0 spiro atoms. The van der Waals surface area contributed by atoms with Gasteiger partial charge in [-0.3, -0.25) is 10.1 Å². The van der Waals surface area contributed by atoms with Crippen LogP contribution in [0.15, 0.2) is 24.3 Å². The van der Waals surface area contributed by atoms with Crippen LogP contribution in [0, 0.1) is 21.4 Å². The van der Waals surface area contributed by atoms with Gasteiger partial charge in [0.25, 0.3) is 5.69 Å². The first kappa shape index (κ1) is 16.7. The van der Waals surface area contributed by atoms with Crippen molar-refractivity contribution in [2.45, 2.75) is 32.6 Å². The largest absolute Gasteiger partial charge is 0.384 e. The number of benzene rings is 1. The van der Waals surface area contributed by atoms with Crippen LogP contribution < -0.4 is 4.90 Å². The van der Waals surface area contributed by atoms with Crippen LogP contribution in [0.25, 0.3) is 0 Å². The van der Waals surface area contributed by atoms with Crippen molar-refractivity contribution >= 4 is 11.4 Å². The van der Waals surface area contributed by atoms with Crippen molar-refractivity contribution in [1.29, 1.82) is 0 Å². The average Bonchev–Trinajstić information content (AvgIpc) is 2.50. The molecule has 0 atom stereocenters. The topological polar surface area (TPSA) is 55.6 Å². The molecule has 0 aliphatic heterocycles. The third-order valence-electron chi connectivity index (χ3n) is 4.83. The third-order valence-corrected chi connectivity index (χ3v) is 4.83. The summed E-state index contributed by atoms with van der Waals surface area (Å²) in [6.45, 7) is 3.98. The fourth-order valence-electron chi connectivity index (χ4n) is 3.48. The Morgan fingerprint density at radius 1 is 1.36 bits per heavy atom. The molecule has 1 aromatic carbocycles. The number of anilines is 1. The summed E-state index contributed by atoms with van der Waals surface area (Å²) in [5.74, 6) is 0.592. The lowest BCUT2D eigenvalue weighted by atomic mass is 9.72. The first-order valence-corrected chi connectivity index (χ1v) is 7.89. The first-order valence-electron chi connectivity index (χ1n) is 7.89. The molecule has 0 amide bonds. The maximum absolute atomic E-state index is 11.1. The van der Waals surface area contributed by atoms with E-state index in [4.69, 9.17) is 4.74 Å². The molecule has 5 heteroatoms. The van der Waals surface area contributed by atoms with Gasteiger partial charge < -0.3 is 9.64 Å². The highest BCUT2D eigenvalue weighted by Gasteiger charge is 2.31. The lowest BCUT2D eigenvalue weighted by molar-refractivity contribution is -0.384. The van der Waals surface area contributed by atoms with E-state index in [0.29, 0.717) is 17.0 Å². The summed E-state index contributed by atoms with van der Waals surface area (Å²) < 4.78 is 5.33. The van der Waals surface area contributed by atoms with Crippen molar-refractivity contribution in [2.75, 3.05) is 32.2 Å². The van der Waals surface area contributed by atoms with Gasteiger partial charge in [0, 0.05) is 26.8 Å². The molecule has 5 nitrogen and oxygen atoms in total. The quantitative estimate of drug-likeness (QED) is 0.591. The van der Waals surface area contributed by atoms with Crippen molar-refractivity contribution < 1.29 is 9.66 Å². The Bertz CT molecular complexity index is 510. The summed E-state index contributed by atoms with van der Waals surface area (Å²) in [7, 11) is 3.71. The van der Waals surface area contributed by atoms with Crippen molar-refractivity contribution in [3.8, 4) is 0 Å². The predicted molar refractivity (Wildman–Crippen MR) is 88.3 cm³/mol. The maximum atomic E-state index is 11.1. The summed E-state index contributed by atoms with van der Waals surface area (Å²) in [6, 6.07) is 6.97. The van der Waals surface area contributed by atoms with Crippen molar-refractivity contribution in [3.05, 3.63) is 34.4 Å². The number of nitro benzene ring substituents is 1. The Hall–Kier alpha value is -1.62. The number of nitro groups is 1. The highest BCUT2D eigenvalue weighted by molar-refractivity contribution is 5.62. The summed E-state index contributed by atoms with van der Waals surface area (Å²) in [5, 5.41) is 11.1. The number of methoxy groups -OCH3 is 1. The summed E-state index contributed by atoms with van der Waals surface area (Å²) in [6.07, 6.45) is 4.64. The number of hydrogen-bond donors (Lipinski definition) is 0. The van der Waals surface area contributed by atoms with Gasteiger partial charge in [0.05, 0.1) is 11.5 Å². The molecular weight excluding hydrogens is 280 g/mol. The molecule has 0 bridgehead atoms. The lowest BCUT2D eigenvalue weighted by Crippen LogP contribution is -2.34. The van der Waals surface area contributed by atoms with Gasteiger partial charge in [0.15, 0.2) is 0 Å². The van der Waals surface area contributed by atoms with E-state index in [0.717, 1.165) is 38.8 Å². The Labute approximate surface area is 132 Å². The maximum Gasteiger partial charge on any atom is 0.292 e. The monoisotopic (exact) mass is 306 g/mol. The number of hydrogen-bond acceptors (Lipinski definition) is 4. The summed E-state index contributed by atoms with van der Waals surface area (Å²) in [4.78, 5) is 12.9. The van der Waals surface area contributed by atoms with Gasteiger partial charge in [-0.1, -0.05) is 19.1 Å². The second kappa shape index (κ2) is 7.09. The normalized spacial score (nSPS) is 25.0. The fraction of sp³-hybridized carbons (Fsp3) is 0.647. The minimum Gasteiger partial charge on any atom is -0.384 e. The van der Waals surface area contributed by atoms with Crippen LogP contribution >= 0.6 is 0 Å². The van der Waals surface area contributed by atoms with Gasteiger partial charge in [-0.25, -0.2) is 0 Å². The van der Waals surface area contributed by atoms with Crippen LogP contribution in [0.5, 0.6) is 0 Å². The number of nitrogens with zero attached hydrogens (tertiary/aromatic N) is 2. The SMILES string of the molecule is COCC1(C)CCC(CN(C)c2ccccc2[N+](=O)[O-])CC1. The van der Waals surface area contributed by atoms with Gasteiger partial charge in [0.1, 0.15) is 5.69 Å². The molecule has 122 valence electrons. The van der Waals surface area contributed by atoms with Crippen molar-refractivity contribution in [1.82, 2.24) is 0 Å². The standard InChI is InChI=1S/C17H26N2O3/c1-17(13-22-3)10-8-14(9-11-17)12-18(2)15-6-4-5-7-16(15)19(20)21/h4-7,14H,8-13H2,1-3H3. The molecule has 1 aliphatic rings. The molecule has 1 aromatic rings. The van der Waals surface area contributed by atoms with E-state index in [9.17, 15) is 10.1 Å². The molecule has 0 saturated heterocycles. The van der Waals surface area contributed by atoms with Crippen LogP contribution in [0.2, 0.25) is 0 Å². The van der Waals surface area contributed by atoms with E-state index in [1.807, 2.05) is 24.1 Å². The second-order valence-corrected chi connectivity index (χ2v) is 6.81. The van der Waals surface area contributed by atoms with E-state index < -0.39 is 0 Å². The fourth-order valence-corrected chi connectivity index (χ4v) is 3.48. The highest BCUT2D eigenvalue weighted by atomic mass is 16.6. The van der Waals surface area contributed by atoms with E-state index >= 15 is 0 Å². The minimum absolute atomic E-state index is 0.185. The molecule has 22 heavy (non-hydrogen) atoms. The third kappa shape index (κ3) is 3.97. The zero-order chi connectivity index (χ0) is 16.2. The van der Waals surface area contributed by atoms with Gasteiger partial charge in [0.2, 0.25) is 0 Å². The molecule has 1 aliphatic carbocycles. The molecule has 1 fully saturated rings. The number of para-hydroxylation sites is 2. The molecule has 2 rings (SSSR count). The Kier molecular flexibility index (Phi) is 5.40. The molecule has 1 saturated carbocycles.